The molecule has 0 radical (unpaired) electrons. The monoisotopic (exact) mass is 426 g/mol. The molecule has 0 amide bonds. The van der Waals surface area contributed by atoms with Gasteiger partial charge in [0.05, 0.1) is 6.61 Å². The number of alkyl halides is 3. The first-order valence-corrected chi connectivity index (χ1v) is 10.3. The lowest BCUT2D eigenvalue weighted by molar-refractivity contribution is -0.205. The summed E-state index contributed by atoms with van der Waals surface area (Å²) in [4.78, 5) is 0. The Morgan fingerprint density at radius 3 is 2.41 bits per heavy atom. The van der Waals surface area contributed by atoms with Gasteiger partial charge in [0.2, 0.25) is 0 Å². The van der Waals surface area contributed by atoms with Gasteiger partial charge in [0.25, 0.3) is 0 Å². The second kappa shape index (κ2) is 7.85. The fourth-order valence-corrected chi connectivity index (χ4v) is 5.11. The fourth-order valence-electron chi connectivity index (χ4n) is 2.64. The molecule has 1 fully saturated rings. The Morgan fingerprint density at radius 2 is 1.81 bits per heavy atom. The summed E-state index contributed by atoms with van der Waals surface area (Å²) < 4.78 is 44.6. The van der Waals surface area contributed by atoms with E-state index >= 15 is 0 Å². The number of ether oxygens (including phenoxy) is 1. The van der Waals surface area contributed by atoms with Crippen LogP contribution in [-0.2, 0) is 16.2 Å². The number of aliphatic hydroxyl groups excluding tert-OH is 4. The Morgan fingerprint density at radius 1 is 1.11 bits per heavy atom. The minimum atomic E-state index is -4.59. The summed E-state index contributed by atoms with van der Waals surface area (Å²) in [6, 6.07) is 5.82. The van der Waals surface area contributed by atoms with Crippen molar-refractivity contribution in [2.24, 2.45) is 10.2 Å². The van der Waals surface area contributed by atoms with Crippen molar-refractivity contribution in [2.75, 3.05) is 6.61 Å². The number of hydrogen-bond acceptors (Lipinski definition) is 9. The largest absolute Gasteiger partial charge is 0.442 e. The van der Waals surface area contributed by atoms with Gasteiger partial charge in [-0.15, -0.1) is 10.2 Å². The molecule has 0 spiro atoms. The van der Waals surface area contributed by atoms with E-state index in [1.807, 2.05) is 0 Å². The number of nitrogens with zero attached hydrogens (tertiary/aromatic N) is 2. The third-order valence-corrected chi connectivity index (χ3v) is 6.76. The molecule has 12 heteroatoms. The standard InChI is InChI=1S/C15H17F3N2O5S2/c16-15(17,18)14(19-20-14)8-3-1-2-7(4-8)6-26-27-13-12(24)11(23)10(22)9(5-21)25-13/h1-4,9-13,21-24H,5-6H2/t9-,10+,11+,12-,13-/m1/s1. The summed E-state index contributed by atoms with van der Waals surface area (Å²) in [6.45, 7) is -0.527. The molecular formula is C15H17F3N2O5S2. The van der Waals surface area contributed by atoms with Crippen molar-refractivity contribution in [3.05, 3.63) is 35.4 Å². The Kier molecular flexibility index (Phi) is 6.06. The van der Waals surface area contributed by atoms with Crippen LogP contribution in [0.3, 0.4) is 0 Å². The topological polar surface area (TPSA) is 115 Å². The Bertz CT molecular complexity index is 700. The number of hydrogen-bond donors (Lipinski definition) is 4. The molecule has 0 saturated carbocycles. The van der Waals surface area contributed by atoms with Crippen LogP contribution in [-0.4, -0.2) is 63.1 Å². The summed E-state index contributed by atoms with van der Waals surface area (Å²) in [5.74, 6) is 0.293. The van der Waals surface area contributed by atoms with Crippen LogP contribution >= 0.6 is 21.6 Å². The number of rotatable bonds is 6. The van der Waals surface area contributed by atoms with Crippen LogP contribution in [0.5, 0.6) is 0 Å². The first-order chi connectivity index (χ1) is 12.7. The summed E-state index contributed by atoms with van der Waals surface area (Å²) in [5.41, 5.74) is -2.86. The second-order valence-corrected chi connectivity index (χ2v) is 8.59. The molecule has 1 saturated heterocycles. The third-order valence-electron chi connectivity index (χ3n) is 4.26. The second-order valence-electron chi connectivity index (χ2n) is 6.13. The highest BCUT2D eigenvalue weighted by Crippen LogP contribution is 2.52. The van der Waals surface area contributed by atoms with E-state index in [1.165, 1.54) is 29.0 Å². The molecule has 0 aliphatic carbocycles. The van der Waals surface area contributed by atoms with Crippen LogP contribution in [0, 0.1) is 0 Å². The zero-order valence-corrected chi connectivity index (χ0v) is 15.3. The van der Waals surface area contributed by atoms with Crippen LogP contribution in [0.15, 0.2) is 34.5 Å². The third kappa shape index (κ3) is 4.11. The molecule has 1 aromatic rings. The van der Waals surface area contributed by atoms with Crippen molar-refractivity contribution in [1.82, 2.24) is 0 Å². The van der Waals surface area contributed by atoms with E-state index in [0.29, 0.717) is 11.3 Å². The molecular weight excluding hydrogens is 409 g/mol. The molecule has 4 N–H and O–H groups in total. The van der Waals surface area contributed by atoms with Crippen LogP contribution in [0.4, 0.5) is 13.2 Å². The SMILES string of the molecule is OC[C@H]1O[C@H](SSCc2cccc(C3(C(F)(F)F)N=N3)c2)[C@H](O)[C@@H](O)[C@H]1O. The molecule has 7 nitrogen and oxygen atoms in total. The van der Waals surface area contributed by atoms with Gasteiger partial charge in [-0.05, 0) is 5.56 Å². The average Bonchev–Trinajstić information content (AvgIpc) is 3.44. The zero-order valence-electron chi connectivity index (χ0n) is 13.7. The first-order valence-electron chi connectivity index (χ1n) is 7.88. The van der Waals surface area contributed by atoms with Crippen LogP contribution in [0.1, 0.15) is 11.1 Å². The van der Waals surface area contributed by atoms with Crippen molar-refractivity contribution >= 4 is 21.6 Å². The molecule has 0 aromatic heterocycles. The summed E-state index contributed by atoms with van der Waals surface area (Å²) in [5, 5.41) is 45.0. The molecule has 0 unspecified atom stereocenters. The van der Waals surface area contributed by atoms with E-state index in [-0.39, 0.29) is 5.56 Å². The maximum atomic E-state index is 13.1. The van der Waals surface area contributed by atoms with E-state index in [9.17, 15) is 28.5 Å². The van der Waals surface area contributed by atoms with E-state index in [0.717, 1.165) is 10.8 Å². The highest BCUT2D eigenvalue weighted by Gasteiger charge is 2.65. The molecule has 3 rings (SSSR count). The lowest BCUT2D eigenvalue weighted by Gasteiger charge is -2.39. The molecule has 150 valence electrons. The number of benzene rings is 1. The van der Waals surface area contributed by atoms with Crippen LogP contribution in [0.2, 0.25) is 0 Å². The smallest absolute Gasteiger partial charge is 0.394 e. The van der Waals surface area contributed by atoms with E-state index < -0.39 is 48.3 Å². The van der Waals surface area contributed by atoms with Gasteiger partial charge in [0.1, 0.15) is 29.9 Å². The average molecular weight is 426 g/mol. The molecule has 5 atom stereocenters. The number of aliphatic hydroxyl groups is 4. The predicted molar refractivity (Wildman–Crippen MR) is 91.7 cm³/mol. The Balaban J connectivity index is 1.59. The van der Waals surface area contributed by atoms with Crippen molar-refractivity contribution < 1.29 is 38.3 Å². The van der Waals surface area contributed by atoms with Gasteiger partial charge < -0.3 is 25.2 Å². The van der Waals surface area contributed by atoms with E-state index in [4.69, 9.17) is 9.84 Å². The van der Waals surface area contributed by atoms with Crippen molar-refractivity contribution in [2.45, 2.75) is 47.4 Å². The molecule has 27 heavy (non-hydrogen) atoms. The summed E-state index contributed by atoms with van der Waals surface area (Å²) in [6.07, 6.45) is -9.88. The quantitative estimate of drug-likeness (QED) is 0.510. The molecule has 2 aliphatic rings. The molecule has 0 bridgehead atoms. The van der Waals surface area contributed by atoms with Gasteiger partial charge in [-0.25, -0.2) is 0 Å². The van der Waals surface area contributed by atoms with Gasteiger partial charge in [-0.3, -0.25) is 0 Å². The summed E-state index contributed by atoms with van der Waals surface area (Å²) in [7, 11) is 2.25. The van der Waals surface area contributed by atoms with Crippen molar-refractivity contribution in [3.63, 3.8) is 0 Å². The maximum absolute atomic E-state index is 13.1. The predicted octanol–water partition coefficient (Wildman–Crippen LogP) is 1.55. The molecule has 2 heterocycles. The minimum absolute atomic E-state index is 0.0639. The van der Waals surface area contributed by atoms with Gasteiger partial charge in [-0.1, -0.05) is 45.9 Å². The van der Waals surface area contributed by atoms with Gasteiger partial charge in [0.15, 0.2) is 0 Å². The first kappa shape index (κ1) is 20.8. The highest BCUT2D eigenvalue weighted by molar-refractivity contribution is 8.76. The molecule has 2 aliphatic heterocycles. The highest BCUT2D eigenvalue weighted by atomic mass is 33.1. The molecule has 1 aromatic carbocycles. The lowest BCUT2D eigenvalue weighted by Crippen LogP contribution is -2.57. The van der Waals surface area contributed by atoms with E-state index in [1.54, 1.807) is 6.07 Å². The zero-order chi connectivity index (χ0) is 19.8. The Hall–Kier alpha value is -0.890. The van der Waals surface area contributed by atoms with Gasteiger partial charge in [0, 0.05) is 11.3 Å². The van der Waals surface area contributed by atoms with Crippen LogP contribution < -0.4 is 0 Å². The maximum Gasteiger partial charge on any atom is 0.442 e. The normalized spacial score (nSPS) is 32.5. The number of halogens is 3. The Labute approximate surface area is 160 Å². The minimum Gasteiger partial charge on any atom is -0.394 e. The van der Waals surface area contributed by atoms with Gasteiger partial charge >= 0.3 is 11.8 Å². The van der Waals surface area contributed by atoms with E-state index in [2.05, 4.69) is 10.2 Å². The van der Waals surface area contributed by atoms with Crippen molar-refractivity contribution in [1.29, 1.82) is 0 Å². The fraction of sp³-hybridized carbons (Fsp3) is 0.600. The lowest BCUT2D eigenvalue weighted by atomic mass is 10.0. The van der Waals surface area contributed by atoms with Gasteiger partial charge in [-0.2, -0.15) is 13.2 Å². The van der Waals surface area contributed by atoms with Crippen molar-refractivity contribution in [3.8, 4) is 0 Å². The summed E-state index contributed by atoms with van der Waals surface area (Å²) >= 11 is 0. The van der Waals surface area contributed by atoms with Crippen LogP contribution in [0.25, 0.3) is 0 Å².